The van der Waals surface area contributed by atoms with Crippen LogP contribution in [0.1, 0.15) is 59.8 Å². The summed E-state index contributed by atoms with van der Waals surface area (Å²) in [6.45, 7) is 7.19. The van der Waals surface area contributed by atoms with Gasteiger partial charge in [-0.25, -0.2) is 4.79 Å². The van der Waals surface area contributed by atoms with E-state index in [1.807, 2.05) is 6.92 Å². The zero-order valence-electron chi connectivity index (χ0n) is 20.1. The van der Waals surface area contributed by atoms with Crippen molar-refractivity contribution in [2.24, 2.45) is 29.0 Å². The Morgan fingerprint density at radius 2 is 1.29 bits per heavy atom. The van der Waals surface area contributed by atoms with Gasteiger partial charge < -0.3 is 38.3 Å². The summed E-state index contributed by atoms with van der Waals surface area (Å²) in [4.78, 5) is 72.1. The Morgan fingerprint density at radius 1 is 0.765 bits per heavy atom. The molecular formula is C21H38N6O7. The third kappa shape index (κ3) is 10.6. The van der Waals surface area contributed by atoms with Crippen LogP contribution in [-0.4, -0.2) is 64.8 Å². The van der Waals surface area contributed by atoms with E-state index in [-0.39, 0.29) is 24.7 Å². The van der Waals surface area contributed by atoms with Crippen LogP contribution in [0.25, 0.3) is 0 Å². The second kappa shape index (κ2) is 14.8. The van der Waals surface area contributed by atoms with Crippen LogP contribution in [0.5, 0.6) is 0 Å². The predicted octanol–water partition coefficient (Wildman–Crippen LogP) is -1.91. The van der Waals surface area contributed by atoms with Crippen LogP contribution in [0.3, 0.4) is 0 Å². The van der Waals surface area contributed by atoms with Gasteiger partial charge in [0.15, 0.2) is 0 Å². The van der Waals surface area contributed by atoms with Crippen LogP contribution >= 0.6 is 0 Å². The Balaban J connectivity index is 5.61. The van der Waals surface area contributed by atoms with E-state index in [4.69, 9.17) is 17.2 Å². The summed E-state index contributed by atoms with van der Waals surface area (Å²) in [5.41, 5.74) is 16.2. The van der Waals surface area contributed by atoms with Gasteiger partial charge in [-0.2, -0.15) is 0 Å². The summed E-state index contributed by atoms with van der Waals surface area (Å²) in [7, 11) is 0. The van der Waals surface area contributed by atoms with Crippen LogP contribution in [0.4, 0.5) is 0 Å². The Kier molecular flexibility index (Phi) is 13.4. The highest BCUT2D eigenvalue weighted by Crippen LogP contribution is 2.12. The van der Waals surface area contributed by atoms with Crippen LogP contribution in [0.15, 0.2) is 0 Å². The smallest absolute Gasteiger partial charge is 0.326 e. The summed E-state index contributed by atoms with van der Waals surface area (Å²) in [6.07, 6.45) is -0.0589. The number of carbonyl (C=O) groups is 6. The molecule has 34 heavy (non-hydrogen) atoms. The molecule has 0 aromatic carbocycles. The molecule has 0 spiro atoms. The molecule has 194 valence electrons. The third-order valence-electron chi connectivity index (χ3n) is 5.69. The molecule has 0 heterocycles. The van der Waals surface area contributed by atoms with Gasteiger partial charge >= 0.3 is 5.97 Å². The fourth-order valence-electron chi connectivity index (χ4n) is 2.95. The average Bonchev–Trinajstić information content (AvgIpc) is 2.76. The zero-order chi connectivity index (χ0) is 26.6. The van der Waals surface area contributed by atoms with Crippen molar-refractivity contribution in [3.05, 3.63) is 0 Å². The number of hydrogen-bond donors (Lipinski definition) is 7. The zero-order valence-corrected chi connectivity index (χ0v) is 20.1. The highest BCUT2D eigenvalue weighted by Gasteiger charge is 2.33. The maximum Gasteiger partial charge on any atom is 0.326 e. The highest BCUT2D eigenvalue weighted by atomic mass is 16.4. The van der Waals surface area contributed by atoms with E-state index in [9.17, 15) is 33.9 Å². The van der Waals surface area contributed by atoms with E-state index in [1.165, 1.54) is 0 Å². The van der Waals surface area contributed by atoms with E-state index in [2.05, 4.69) is 16.0 Å². The molecule has 0 saturated heterocycles. The number of nitrogens with two attached hydrogens (primary N) is 3. The number of aliphatic carboxylic acids is 1. The number of carboxylic acids is 1. The third-order valence-corrected chi connectivity index (χ3v) is 5.69. The van der Waals surface area contributed by atoms with Gasteiger partial charge in [0.2, 0.25) is 29.5 Å². The van der Waals surface area contributed by atoms with E-state index in [1.54, 1.807) is 20.8 Å². The standard InChI is InChI=1S/C21H38N6O7/c1-5-10(3)16(24)19(31)27-17(11(4)6-2)20(32)26-13(9-15(23)29)18(30)25-12(21(33)34)7-8-14(22)28/h10-13,16-17H,5-9,24H2,1-4H3,(H2,22,28)(H2,23,29)(H,25,30)(H,26,32)(H,27,31)(H,33,34). The van der Waals surface area contributed by atoms with Gasteiger partial charge in [-0.3, -0.25) is 24.0 Å². The van der Waals surface area contributed by atoms with Crippen LogP contribution in [-0.2, 0) is 28.8 Å². The molecule has 13 heteroatoms. The lowest BCUT2D eigenvalue weighted by molar-refractivity contribution is -0.142. The van der Waals surface area contributed by atoms with Crippen molar-refractivity contribution in [2.45, 2.75) is 84.0 Å². The summed E-state index contributed by atoms with van der Waals surface area (Å²) in [5, 5.41) is 16.4. The number of amides is 5. The van der Waals surface area contributed by atoms with Gasteiger partial charge in [0, 0.05) is 6.42 Å². The molecule has 0 radical (unpaired) electrons. The van der Waals surface area contributed by atoms with Crippen LogP contribution in [0.2, 0.25) is 0 Å². The maximum absolute atomic E-state index is 13.0. The van der Waals surface area contributed by atoms with Crippen molar-refractivity contribution in [2.75, 3.05) is 0 Å². The van der Waals surface area contributed by atoms with Crippen LogP contribution < -0.4 is 33.2 Å². The van der Waals surface area contributed by atoms with E-state index < -0.39 is 66.1 Å². The molecule has 5 amide bonds. The topological polar surface area (TPSA) is 237 Å². The quantitative estimate of drug-likeness (QED) is 0.129. The van der Waals surface area contributed by atoms with Gasteiger partial charge in [0.05, 0.1) is 12.5 Å². The lowest BCUT2D eigenvalue weighted by Gasteiger charge is -2.28. The molecule has 0 aliphatic heterocycles. The van der Waals surface area contributed by atoms with Crippen LogP contribution in [0, 0.1) is 11.8 Å². The number of rotatable bonds is 16. The fourth-order valence-corrected chi connectivity index (χ4v) is 2.95. The number of primary amides is 2. The summed E-state index contributed by atoms with van der Waals surface area (Å²) < 4.78 is 0. The monoisotopic (exact) mass is 486 g/mol. The SMILES string of the molecule is CCC(C)C(N)C(=O)NC(C(=O)NC(CC(N)=O)C(=O)NC(CCC(N)=O)C(=O)O)C(C)CC. The van der Waals surface area contributed by atoms with Crippen molar-refractivity contribution < 1.29 is 33.9 Å². The van der Waals surface area contributed by atoms with Gasteiger partial charge in [0.25, 0.3) is 0 Å². The second-order valence-corrected chi connectivity index (χ2v) is 8.42. The lowest BCUT2D eigenvalue weighted by atomic mass is 9.95. The first kappa shape index (κ1) is 30.8. The van der Waals surface area contributed by atoms with E-state index in [0.717, 1.165) is 0 Å². The molecule has 0 aromatic heterocycles. The van der Waals surface area contributed by atoms with Crippen molar-refractivity contribution >= 4 is 35.5 Å². The molecule has 6 atom stereocenters. The van der Waals surface area contributed by atoms with Crippen molar-refractivity contribution in [3.8, 4) is 0 Å². The Bertz CT molecular complexity index is 760. The van der Waals surface area contributed by atoms with Crippen molar-refractivity contribution in [1.82, 2.24) is 16.0 Å². The van der Waals surface area contributed by atoms with Gasteiger partial charge in [-0.15, -0.1) is 0 Å². The number of hydrogen-bond acceptors (Lipinski definition) is 7. The molecule has 0 saturated carbocycles. The first-order chi connectivity index (χ1) is 15.7. The molecule has 6 unspecified atom stereocenters. The predicted molar refractivity (Wildman–Crippen MR) is 123 cm³/mol. The minimum Gasteiger partial charge on any atom is -0.480 e. The summed E-state index contributed by atoms with van der Waals surface area (Å²) >= 11 is 0. The first-order valence-corrected chi connectivity index (χ1v) is 11.2. The summed E-state index contributed by atoms with van der Waals surface area (Å²) in [5.74, 6) is -5.89. The number of carbonyl (C=O) groups excluding carboxylic acids is 5. The highest BCUT2D eigenvalue weighted by molar-refractivity contribution is 5.96. The average molecular weight is 487 g/mol. The molecule has 0 aromatic rings. The van der Waals surface area contributed by atoms with Gasteiger partial charge in [0.1, 0.15) is 18.1 Å². The van der Waals surface area contributed by atoms with Crippen molar-refractivity contribution in [1.29, 1.82) is 0 Å². The summed E-state index contributed by atoms with van der Waals surface area (Å²) in [6, 6.07) is -4.91. The van der Waals surface area contributed by atoms with E-state index >= 15 is 0 Å². The molecule has 0 bridgehead atoms. The normalized spacial score (nSPS) is 16.1. The molecular weight excluding hydrogens is 448 g/mol. The Hall–Kier alpha value is -3.22. The molecule has 0 fully saturated rings. The van der Waals surface area contributed by atoms with E-state index in [0.29, 0.717) is 12.8 Å². The molecule has 0 aliphatic carbocycles. The largest absolute Gasteiger partial charge is 0.480 e. The molecule has 0 rings (SSSR count). The lowest BCUT2D eigenvalue weighted by Crippen LogP contribution is -2.59. The first-order valence-electron chi connectivity index (χ1n) is 11.2. The minimum absolute atomic E-state index is 0.137. The fraction of sp³-hybridized carbons (Fsp3) is 0.714. The van der Waals surface area contributed by atoms with Crippen molar-refractivity contribution in [3.63, 3.8) is 0 Å². The minimum atomic E-state index is -1.51. The van der Waals surface area contributed by atoms with Gasteiger partial charge in [-0.05, 0) is 18.3 Å². The molecule has 0 aliphatic rings. The Labute approximate surface area is 198 Å². The molecule has 10 N–H and O–H groups in total. The molecule has 13 nitrogen and oxygen atoms in total. The number of carboxylic acid groups (broad SMARTS) is 1. The van der Waals surface area contributed by atoms with Gasteiger partial charge in [-0.1, -0.05) is 40.5 Å². The number of nitrogens with one attached hydrogen (secondary N) is 3. The Morgan fingerprint density at radius 3 is 1.74 bits per heavy atom. The maximum atomic E-state index is 13.0. The second-order valence-electron chi connectivity index (χ2n) is 8.42.